The lowest BCUT2D eigenvalue weighted by Crippen LogP contribution is -2.38. The van der Waals surface area contributed by atoms with E-state index in [0.717, 1.165) is 49.7 Å². The average Bonchev–Trinajstić information content (AvgIpc) is 3.52. The molecule has 1 aromatic heterocycles. The van der Waals surface area contributed by atoms with Crippen LogP contribution in [0.2, 0.25) is 0 Å². The number of aryl methyl sites for hydroxylation is 1. The first-order valence-electron chi connectivity index (χ1n) is 10.1. The van der Waals surface area contributed by atoms with Gasteiger partial charge in [0.25, 0.3) is 5.91 Å². The van der Waals surface area contributed by atoms with E-state index in [-0.39, 0.29) is 24.3 Å². The molecule has 0 unspecified atom stereocenters. The van der Waals surface area contributed by atoms with Crippen LogP contribution in [-0.4, -0.2) is 54.5 Å². The minimum absolute atomic E-state index is 0.00359. The normalized spacial score (nSPS) is 17.0. The van der Waals surface area contributed by atoms with E-state index >= 15 is 0 Å². The van der Waals surface area contributed by atoms with E-state index in [2.05, 4.69) is 20.6 Å². The van der Waals surface area contributed by atoms with Gasteiger partial charge in [-0.2, -0.15) is 0 Å². The van der Waals surface area contributed by atoms with Gasteiger partial charge in [-0.05, 0) is 38.3 Å². The van der Waals surface area contributed by atoms with Gasteiger partial charge in [0.15, 0.2) is 11.7 Å². The lowest BCUT2D eigenvalue weighted by atomic mass is 10.3. The van der Waals surface area contributed by atoms with Crippen LogP contribution in [0.4, 0.5) is 10.8 Å². The summed E-state index contributed by atoms with van der Waals surface area (Å²) in [6.07, 6.45) is 2.84. The number of aromatic nitrogens is 1. The van der Waals surface area contributed by atoms with Crippen molar-refractivity contribution in [3.8, 4) is 5.75 Å². The molecule has 154 valence electrons. The molecule has 2 amide bonds. The molecule has 2 fully saturated rings. The number of carbonyl (C=O) groups excluding carboxylic acids is 2. The minimum atomic E-state index is -0.0189. The van der Waals surface area contributed by atoms with Gasteiger partial charge >= 0.3 is 0 Å². The zero-order valence-corrected chi connectivity index (χ0v) is 17.4. The molecular weight excluding hydrogens is 388 g/mol. The Labute approximate surface area is 174 Å². The summed E-state index contributed by atoms with van der Waals surface area (Å²) in [5, 5.41) is 5.98. The number of ether oxygens (including phenoxy) is 1. The van der Waals surface area contributed by atoms with Crippen LogP contribution in [0.25, 0.3) is 0 Å². The Morgan fingerprint density at radius 1 is 1.24 bits per heavy atom. The smallest absolute Gasteiger partial charge is 0.260 e. The molecule has 2 aromatic rings. The van der Waals surface area contributed by atoms with Crippen molar-refractivity contribution < 1.29 is 14.3 Å². The first-order valence-corrected chi connectivity index (χ1v) is 10.9. The molecule has 1 aliphatic heterocycles. The van der Waals surface area contributed by atoms with Gasteiger partial charge < -0.3 is 19.9 Å². The molecule has 2 aliphatic rings. The van der Waals surface area contributed by atoms with Crippen molar-refractivity contribution in [3.63, 3.8) is 0 Å². The van der Waals surface area contributed by atoms with Gasteiger partial charge in [0.1, 0.15) is 5.75 Å². The average molecular weight is 415 g/mol. The molecular formula is C21H26N4O3S. The largest absolute Gasteiger partial charge is 0.484 e. The van der Waals surface area contributed by atoms with E-state index in [1.54, 1.807) is 23.5 Å². The van der Waals surface area contributed by atoms with E-state index in [1.165, 1.54) is 0 Å². The number of hydrogen-bond acceptors (Lipinski definition) is 6. The molecule has 0 radical (unpaired) electrons. The highest BCUT2D eigenvalue weighted by atomic mass is 32.1. The monoisotopic (exact) mass is 414 g/mol. The zero-order valence-electron chi connectivity index (χ0n) is 16.6. The Morgan fingerprint density at radius 2 is 2.10 bits per heavy atom. The Hall–Kier alpha value is -2.61. The highest BCUT2D eigenvalue weighted by Crippen LogP contribution is 2.30. The van der Waals surface area contributed by atoms with Gasteiger partial charge in [0.05, 0.1) is 5.69 Å². The molecule has 1 saturated carbocycles. The summed E-state index contributed by atoms with van der Waals surface area (Å²) in [6, 6.07) is 7.22. The van der Waals surface area contributed by atoms with Crippen molar-refractivity contribution in [3.05, 3.63) is 35.3 Å². The molecule has 4 rings (SSSR count). The molecule has 1 aliphatic carbocycles. The molecule has 1 aromatic carbocycles. The predicted octanol–water partition coefficient (Wildman–Crippen LogP) is 2.92. The van der Waals surface area contributed by atoms with Gasteiger partial charge in [-0.3, -0.25) is 9.59 Å². The third kappa shape index (κ3) is 5.26. The Morgan fingerprint density at radius 3 is 2.86 bits per heavy atom. The molecule has 0 spiro atoms. The zero-order chi connectivity index (χ0) is 20.2. The van der Waals surface area contributed by atoms with Gasteiger partial charge in [-0.25, -0.2) is 4.98 Å². The molecule has 0 bridgehead atoms. The van der Waals surface area contributed by atoms with Crippen molar-refractivity contribution in [1.29, 1.82) is 0 Å². The molecule has 7 nitrogen and oxygen atoms in total. The van der Waals surface area contributed by atoms with E-state index in [4.69, 9.17) is 4.74 Å². The molecule has 1 saturated heterocycles. The lowest BCUT2D eigenvalue weighted by molar-refractivity contribution is -0.133. The van der Waals surface area contributed by atoms with Crippen molar-refractivity contribution in [2.75, 3.05) is 43.0 Å². The minimum Gasteiger partial charge on any atom is -0.484 e. The van der Waals surface area contributed by atoms with Crippen LogP contribution in [0.15, 0.2) is 29.6 Å². The third-order valence-electron chi connectivity index (χ3n) is 5.14. The summed E-state index contributed by atoms with van der Waals surface area (Å²) in [7, 11) is 0. The molecule has 29 heavy (non-hydrogen) atoms. The fourth-order valence-corrected chi connectivity index (χ4v) is 4.19. The third-order valence-corrected chi connectivity index (χ3v) is 6.16. The second kappa shape index (κ2) is 8.82. The van der Waals surface area contributed by atoms with Crippen LogP contribution in [0.3, 0.4) is 0 Å². The number of nitrogens with zero attached hydrogens (tertiary/aromatic N) is 3. The number of hydrogen-bond donors (Lipinski definition) is 1. The molecule has 8 heteroatoms. The maximum atomic E-state index is 12.6. The fraction of sp³-hybridized carbons (Fsp3) is 0.476. The number of nitrogens with one attached hydrogen (secondary N) is 1. The lowest BCUT2D eigenvalue weighted by Gasteiger charge is -2.22. The van der Waals surface area contributed by atoms with Crippen molar-refractivity contribution in [2.24, 2.45) is 5.92 Å². The summed E-state index contributed by atoms with van der Waals surface area (Å²) in [6.45, 7) is 5.06. The summed E-state index contributed by atoms with van der Waals surface area (Å²) in [5.41, 5.74) is 1.74. The van der Waals surface area contributed by atoms with Crippen LogP contribution >= 0.6 is 11.3 Å². The number of benzene rings is 1. The number of carbonyl (C=O) groups is 2. The maximum absolute atomic E-state index is 12.6. The van der Waals surface area contributed by atoms with E-state index in [1.807, 2.05) is 24.0 Å². The Bertz CT molecular complexity index is 880. The quantitative estimate of drug-likeness (QED) is 0.787. The van der Waals surface area contributed by atoms with Crippen molar-refractivity contribution in [2.45, 2.75) is 26.2 Å². The number of anilines is 2. The van der Waals surface area contributed by atoms with Crippen LogP contribution in [-0.2, 0) is 9.59 Å². The topological polar surface area (TPSA) is 74.8 Å². The number of amides is 2. The summed E-state index contributed by atoms with van der Waals surface area (Å²) < 4.78 is 5.71. The van der Waals surface area contributed by atoms with Gasteiger partial charge in [0.2, 0.25) is 5.91 Å². The molecule has 2 heterocycles. The van der Waals surface area contributed by atoms with Crippen LogP contribution in [0, 0.1) is 12.8 Å². The molecule has 1 N–H and O–H groups in total. The van der Waals surface area contributed by atoms with Gasteiger partial charge in [0, 0.05) is 49.2 Å². The first-order chi connectivity index (χ1) is 14.1. The van der Waals surface area contributed by atoms with Crippen LogP contribution in [0.5, 0.6) is 5.75 Å². The van der Waals surface area contributed by atoms with E-state index < -0.39 is 0 Å². The summed E-state index contributed by atoms with van der Waals surface area (Å²) in [4.78, 5) is 33.2. The highest BCUT2D eigenvalue weighted by Gasteiger charge is 2.29. The van der Waals surface area contributed by atoms with Gasteiger partial charge in [-0.15, -0.1) is 11.3 Å². The Kier molecular flexibility index (Phi) is 5.99. The first kappa shape index (κ1) is 19.7. The summed E-state index contributed by atoms with van der Waals surface area (Å²) >= 11 is 1.65. The highest BCUT2D eigenvalue weighted by molar-refractivity contribution is 7.13. The predicted molar refractivity (Wildman–Crippen MR) is 114 cm³/mol. The van der Waals surface area contributed by atoms with Crippen LogP contribution in [0.1, 0.15) is 25.0 Å². The number of thiazole rings is 1. The second-order valence-corrected chi connectivity index (χ2v) is 8.41. The van der Waals surface area contributed by atoms with Gasteiger partial charge in [-0.1, -0.05) is 6.07 Å². The van der Waals surface area contributed by atoms with Crippen molar-refractivity contribution >= 4 is 34.0 Å². The fourth-order valence-electron chi connectivity index (χ4n) is 3.33. The number of rotatable bonds is 6. The summed E-state index contributed by atoms with van der Waals surface area (Å²) in [5.74, 6) is 0.774. The second-order valence-electron chi connectivity index (χ2n) is 7.57. The Balaban J connectivity index is 1.27. The van der Waals surface area contributed by atoms with E-state index in [0.29, 0.717) is 18.0 Å². The maximum Gasteiger partial charge on any atom is 0.260 e. The van der Waals surface area contributed by atoms with Crippen LogP contribution < -0.4 is 15.0 Å². The van der Waals surface area contributed by atoms with E-state index in [9.17, 15) is 9.59 Å². The molecule has 0 atom stereocenters. The van der Waals surface area contributed by atoms with Crippen molar-refractivity contribution in [1.82, 2.24) is 9.88 Å². The standard InChI is InChI=1S/C21H26N4O3S/c1-15-14-29-21(22-15)25-9-3-8-24(10-11-25)19(26)13-28-18-5-2-4-17(12-18)23-20(27)16-6-7-16/h2,4-5,12,14,16H,3,6-11,13H2,1H3,(H,23,27). The SMILES string of the molecule is Cc1csc(N2CCCN(C(=O)COc3cccc(NC(=O)C4CC4)c3)CC2)n1.